The molecule has 0 saturated carbocycles. The minimum atomic E-state index is -3.48. The number of piperidine rings is 1. The molecule has 1 atom stereocenters. The maximum absolute atomic E-state index is 12.5. The predicted octanol–water partition coefficient (Wildman–Crippen LogP) is 0.993. The molecule has 2 rings (SSSR count). The largest absolute Gasteiger partial charge is 0.480 e. The van der Waals surface area contributed by atoms with E-state index in [2.05, 4.69) is 5.32 Å². The summed E-state index contributed by atoms with van der Waals surface area (Å²) in [4.78, 5) is 22.7. The summed E-state index contributed by atoms with van der Waals surface area (Å²) in [6.45, 7) is 2.47. The molecule has 24 heavy (non-hydrogen) atoms. The van der Waals surface area contributed by atoms with Gasteiger partial charge in [0.1, 0.15) is 6.04 Å². The standard InChI is InChI=1S/C16H22N2O5S/c1-12(16(20)21)17-15(19)11-13-5-7-14(8-6-13)24(22,23)18-9-3-2-4-10-18/h5-8,12H,2-4,9-11H2,1H3,(H,17,19)(H,20,21)/t12-/m0/s1. The maximum Gasteiger partial charge on any atom is 0.325 e. The summed E-state index contributed by atoms with van der Waals surface area (Å²) in [7, 11) is -3.48. The molecule has 8 heteroatoms. The lowest BCUT2D eigenvalue weighted by molar-refractivity contribution is -0.141. The fourth-order valence-corrected chi connectivity index (χ4v) is 4.09. The van der Waals surface area contributed by atoms with Crippen molar-refractivity contribution in [3.05, 3.63) is 29.8 Å². The Morgan fingerprint density at radius 3 is 2.29 bits per heavy atom. The van der Waals surface area contributed by atoms with Crippen LogP contribution in [0.4, 0.5) is 0 Å². The Hall–Kier alpha value is -1.93. The fraction of sp³-hybridized carbons (Fsp3) is 0.500. The van der Waals surface area contributed by atoms with Gasteiger partial charge in [-0.05, 0) is 37.5 Å². The van der Waals surface area contributed by atoms with Crippen molar-refractivity contribution < 1.29 is 23.1 Å². The first-order valence-electron chi connectivity index (χ1n) is 7.92. The van der Waals surface area contributed by atoms with E-state index in [-0.39, 0.29) is 11.3 Å². The van der Waals surface area contributed by atoms with Gasteiger partial charge in [-0.15, -0.1) is 0 Å². The SMILES string of the molecule is C[C@H](NC(=O)Cc1ccc(S(=O)(=O)N2CCCCC2)cc1)C(=O)O. The molecule has 0 aromatic heterocycles. The zero-order valence-electron chi connectivity index (χ0n) is 13.6. The number of hydrogen-bond donors (Lipinski definition) is 2. The highest BCUT2D eigenvalue weighted by molar-refractivity contribution is 7.89. The average Bonchev–Trinajstić information content (AvgIpc) is 2.56. The van der Waals surface area contributed by atoms with E-state index in [1.807, 2.05) is 0 Å². The molecule has 1 aliphatic heterocycles. The number of nitrogens with one attached hydrogen (secondary N) is 1. The van der Waals surface area contributed by atoms with Crippen LogP contribution in [0.5, 0.6) is 0 Å². The molecule has 2 N–H and O–H groups in total. The van der Waals surface area contributed by atoms with E-state index < -0.39 is 27.9 Å². The van der Waals surface area contributed by atoms with Gasteiger partial charge < -0.3 is 10.4 Å². The van der Waals surface area contributed by atoms with E-state index in [0.717, 1.165) is 19.3 Å². The second-order valence-electron chi connectivity index (χ2n) is 5.91. The highest BCUT2D eigenvalue weighted by Gasteiger charge is 2.25. The minimum Gasteiger partial charge on any atom is -0.480 e. The first kappa shape index (κ1) is 18.4. The number of sulfonamides is 1. The Balaban J connectivity index is 2.02. The number of aliphatic carboxylic acids is 1. The van der Waals surface area contributed by atoms with Gasteiger partial charge in [-0.1, -0.05) is 18.6 Å². The van der Waals surface area contributed by atoms with E-state index in [9.17, 15) is 18.0 Å². The Bertz CT molecular complexity index is 694. The van der Waals surface area contributed by atoms with Gasteiger partial charge in [0, 0.05) is 13.1 Å². The van der Waals surface area contributed by atoms with Gasteiger partial charge in [0.2, 0.25) is 15.9 Å². The summed E-state index contributed by atoms with van der Waals surface area (Å²) in [5.74, 6) is -1.53. The minimum absolute atomic E-state index is 0.00165. The van der Waals surface area contributed by atoms with Gasteiger partial charge in [-0.2, -0.15) is 4.31 Å². The van der Waals surface area contributed by atoms with E-state index in [0.29, 0.717) is 18.7 Å². The maximum atomic E-state index is 12.5. The van der Waals surface area contributed by atoms with Gasteiger partial charge in [0.05, 0.1) is 11.3 Å². The van der Waals surface area contributed by atoms with Gasteiger partial charge >= 0.3 is 5.97 Å². The normalized spacial score (nSPS) is 17.2. The van der Waals surface area contributed by atoms with Crippen LogP contribution in [-0.4, -0.2) is 48.8 Å². The van der Waals surface area contributed by atoms with Crippen molar-refractivity contribution in [2.45, 2.75) is 43.5 Å². The third-order valence-corrected chi connectivity index (χ3v) is 5.90. The number of hydrogen-bond acceptors (Lipinski definition) is 4. The zero-order chi connectivity index (χ0) is 17.7. The molecule has 0 bridgehead atoms. The quantitative estimate of drug-likeness (QED) is 0.793. The summed E-state index contributed by atoms with van der Waals surface area (Å²) < 4.78 is 26.5. The molecule has 0 unspecified atom stereocenters. The number of carbonyl (C=O) groups is 2. The van der Waals surface area contributed by atoms with E-state index >= 15 is 0 Å². The number of benzene rings is 1. The summed E-state index contributed by atoms with van der Waals surface area (Å²) in [6, 6.07) is 5.19. The smallest absolute Gasteiger partial charge is 0.325 e. The lowest BCUT2D eigenvalue weighted by Gasteiger charge is -2.25. The predicted molar refractivity (Wildman–Crippen MR) is 88.0 cm³/mol. The molecular formula is C16H22N2O5S. The van der Waals surface area contributed by atoms with Gasteiger partial charge in [0.15, 0.2) is 0 Å². The van der Waals surface area contributed by atoms with Crippen LogP contribution in [0.2, 0.25) is 0 Å². The Kier molecular flexibility index (Phi) is 5.95. The van der Waals surface area contributed by atoms with Gasteiger partial charge in [-0.3, -0.25) is 9.59 Å². The molecule has 1 aliphatic rings. The van der Waals surface area contributed by atoms with Crippen molar-refractivity contribution in [1.82, 2.24) is 9.62 Å². The van der Waals surface area contributed by atoms with Crippen LogP contribution in [0.1, 0.15) is 31.7 Å². The molecule has 1 aromatic rings. The van der Waals surface area contributed by atoms with Crippen molar-refractivity contribution in [1.29, 1.82) is 0 Å². The Labute approximate surface area is 141 Å². The number of carboxylic acid groups (broad SMARTS) is 1. The molecule has 1 heterocycles. The number of amides is 1. The van der Waals surface area contributed by atoms with Crippen LogP contribution in [0.15, 0.2) is 29.2 Å². The molecule has 0 radical (unpaired) electrons. The van der Waals surface area contributed by atoms with Crippen LogP contribution >= 0.6 is 0 Å². The summed E-state index contributed by atoms with van der Waals surface area (Å²) in [5, 5.41) is 11.1. The highest BCUT2D eigenvalue weighted by Crippen LogP contribution is 2.20. The van der Waals surface area contributed by atoms with Crippen LogP contribution in [0.3, 0.4) is 0 Å². The number of rotatable bonds is 6. The number of nitrogens with zero attached hydrogens (tertiary/aromatic N) is 1. The lowest BCUT2D eigenvalue weighted by Crippen LogP contribution is -2.39. The fourth-order valence-electron chi connectivity index (χ4n) is 2.57. The average molecular weight is 354 g/mol. The van der Waals surface area contributed by atoms with E-state index in [4.69, 9.17) is 5.11 Å². The first-order chi connectivity index (χ1) is 11.3. The molecule has 1 amide bonds. The molecule has 1 saturated heterocycles. The Morgan fingerprint density at radius 1 is 1.17 bits per heavy atom. The van der Waals surface area contributed by atoms with E-state index in [1.165, 1.54) is 23.4 Å². The molecule has 1 aromatic carbocycles. The van der Waals surface area contributed by atoms with Crippen molar-refractivity contribution in [3.8, 4) is 0 Å². The topological polar surface area (TPSA) is 104 Å². The summed E-state index contributed by atoms with van der Waals surface area (Å²) >= 11 is 0. The second-order valence-corrected chi connectivity index (χ2v) is 7.85. The van der Waals surface area contributed by atoms with E-state index in [1.54, 1.807) is 12.1 Å². The first-order valence-corrected chi connectivity index (χ1v) is 9.36. The molecule has 0 spiro atoms. The molecule has 1 fully saturated rings. The van der Waals surface area contributed by atoms with Crippen molar-refractivity contribution in [2.75, 3.05) is 13.1 Å². The van der Waals surface area contributed by atoms with Crippen molar-refractivity contribution in [3.63, 3.8) is 0 Å². The van der Waals surface area contributed by atoms with Crippen LogP contribution in [0, 0.1) is 0 Å². The number of carboxylic acids is 1. The lowest BCUT2D eigenvalue weighted by atomic mass is 10.1. The monoisotopic (exact) mass is 354 g/mol. The van der Waals surface area contributed by atoms with Gasteiger partial charge in [-0.25, -0.2) is 8.42 Å². The molecular weight excluding hydrogens is 332 g/mol. The summed E-state index contributed by atoms with van der Waals surface area (Å²) in [5.41, 5.74) is 0.627. The van der Waals surface area contributed by atoms with Crippen LogP contribution in [0.25, 0.3) is 0 Å². The Morgan fingerprint density at radius 2 is 1.75 bits per heavy atom. The third-order valence-electron chi connectivity index (χ3n) is 3.99. The second kappa shape index (κ2) is 7.76. The molecule has 0 aliphatic carbocycles. The number of carbonyl (C=O) groups excluding carboxylic acids is 1. The van der Waals surface area contributed by atoms with Crippen LogP contribution in [-0.2, 0) is 26.0 Å². The van der Waals surface area contributed by atoms with Crippen LogP contribution < -0.4 is 5.32 Å². The van der Waals surface area contributed by atoms with Crippen molar-refractivity contribution in [2.24, 2.45) is 0 Å². The summed E-state index contributed by atoms with van der Waals surface area (Å²) in [6.07, 6.45) is 2.80. The third kappa shape index (κ3) is 4.55. The van der Waals surface area contributed by atoms with Gasteiger partial charge in [0.25, 0.3) is 0 Å². The van der Waals surface area contributed by atoms with Crippen molar-refractivity contribution >= 4 is 21.9 Å². The zero-order valence-corrected chi connectivity index (χ0v) is 14.4. The highest BCUT2D eigenvalue weighted by atomic mass is 32.2. The molecule has 132 valence electrons. The molecule has 7 nitrogen and oxygen atoms in total.